The Kier molecular flexibility index (Phi) is 7.11. The van der Waals surface area contributed by atoms with Crippen molar-refractivity contribution >= 4 is 5.97 Å². The van der Waals surface area contributed by atoms with Gasteiger partial charge in [0.25, 0.3) is 0 Å². The highest BCUT2D eigenvalue weighted by Crippen LogP contribution is 2.39. The number of hydrogen-bond donors (Lipinski definition) is 1. The molecule has 1 aliphatic heterocycles. The average molecular weight is 373 g/mol. The van der Waals surface area contributed by atoms with Crippen LogP contribution in [0, 0.1) is 6.92 Å². The highest BCUT2D eigenvalue weighted by Gasteiger charge is 2.31. The Bertz CT molecular complexity index is 745. The summed E-state index contributed by atoms with van der Waals surface area (Å²) in [4.78, 5) is 11.4. The highest BCUT2D eigenvalue weighted by molar-refractivity contribution is 5.87. The first-order valence-corrected chi connectivity index (χ1v) is 9.66. The molecule has 1 N–H and O–H groups in total. The van der Waals surface area contributed by atoms with Gasteiger partial charge in [-0.3, -0.25) is 0 Å². The molecule has 148 valence electrons. The number of carbonyl (C=O) groups is 1. The van der Waals surface area contributed by atoms with Crippen molar-refractivity contribution in [2.24, 2.45) is 0 Å². The number of fused-ring (bicyclic) bond motifs is 1. The summed E-state index contributed by atoms with van der Waals surface area (Å²) in [5.41, 5.74) is 4.08. The van der Waals surface area contributed by atoms with Crippen molar-refractivity contribution in [3.8, 4) is 11.5 Å². The first-order chi connectivity index (χ1) is 12.7. The molecule has 1 aromatic rings. The summed E-state index contributed by atoms with van der Waals surface area (Å²) in [7, 11) is 1.40. The maximum Gasteiger partial charge on any atom is 0.333 e. The second kappa shape index (κ2) is 9.12. The number of phenolic OH excluding ortho intramolecular Hbond substituents is 1. The molecule has 0 aliphatic carbocycles. The molecule has 0 saturated carbocycles. The SMILES string of the molecule is COC(=O)C(C)=CCCC(C)=CCCC1(C)CCc2c(C)cc(O)cc2O1. The number of aromatic hydroxyl groups is 1. The van der Waals surface area contributed by atoms with Gasteiger partial charge in [0, 0.05) is 11.6 Å². The Balaban J connectivity index is 1.87. The van der Waals surface area contributed by atoms with Crippen molar-refractivity contribution < 1.29 is 19.4 Å². The minimum atomic E-state index is -0.263. The number of hydrogen-bond acceptors (Lipinski definition) is 4. The lowest BCUT2D eigenvalue weighted by Gasteiger charge is -2.36. The number of aryl methyl sites for hydroxylation is 1. The Hall–Kier alpha value is -2.23. The fourth-order valence-electron chi connectivity index (χ4n) is 3.55. The Labute approximate surface area is 162 Å². The molecule has 0 spiro atoms. The number of carbonyl (C=O) groups excluding carboxylic acids is 1. The summed E-state index contributed by atoms with van der Waals surface area (Å²) in [6.45, 7) is 8.08. The van der Waals surface area contributed by atoms with Crippen molar-refractivity contribution in [2.75, 3.05) is 7.11 Å². The molecule has 2 rings (SSSR count). The van der Waals surface area contributed by atoms with E-state index in [2.05, 4.69) is 19.9 Å². The molecule has 0 saturated heterocycles. The summed E-state index contributed by atoms with van der Waals surface area (Å²) >= 11 is 0. The molecule has 1 aliphatic rings. The molecule has 0 fully saturated rings. The Morgan fingerprint density at radius 2 is 2.04 bits per heavy atom. The number of phenols is 1. The van der Waals surface area contributed by atoms with E-state index in [9.17, 15) is 9.90 Å². The lowest BCUT2D eigenvalue weighted by atomic mass is 9.87. The van der Waals surface area contributed by atoms with E-state index in [1.165, 1.54) is 18.2 Å². The van der Waals surface area contributed by atoms with Gasteiger partial charge in [-0.05, 0) is 83.4 Å². The average Bonchev–Trinajstić information content (AvgIpc) is 2.60. The number of esters is 1. The van der Waals surface area contributed by atoms with E-state index >= 15 is 0 Å². The first-order valence-electron chi connectivity index (χ1n) is 9.66. The maximum absolute atomic E-state index is 11.4. The largest absolute Gasteiger partial charge is 0.508 e. The molecule has 0 amide bonds. The molecule has 4 nitrogen and oxygen atoms in total. The van der Waals surface area contributed by atoms with E-state index in [0.29, 0.717) is 5.57 Å². The number of rotatable bonds is 7. The smallest absolute Gasteiger partial charge is 0.333 e. The number of ether oxygens (including phenoxy) is 2. The normalized spacial score (nSPS) is 20.0. The highest BCUT2D eigenvalue weighted by atomic mass is 16.5. The van der Waals surface area contributed by atoms with Crippen molar-refractivity contribution in [2.45, 2.75) is 71.8 Å². The molecule has 0 aromatic heterocycles. The molecule has 1 aromatic carbocycles. The predicted octanol–water partition coefficient (Wildman–Crippen LogP) is 5.41. The third-order valence-electron chi connectivity index (χ3n) is 5.34. The summed E-state index contributed by atoms with van der Waals surface area (Å²) in [5.74, 6) is 0.826. The van der Waals surface area contributed by atoms with Crippen molar-refractivity contribution in [1.29, 1.82) is 0 Å². The minimum absolute atomic E-state index is 0.203. The van der Waals surface area contributed by atoms with Crippen LogP contribution in [-0.4, -0.2) is 23.8 Å². The van der Waals surface area contributed by atoms with Gasteiger partial charge in [0.1, 0.15) is 17.1 Å². The van der Waals surface area contributed by atoms with Gasteiger partial charge in [-0.2, -0.15) is 0 Å². The second-order valence-electron chi connectivity index (χ2n) is 7.80. The maximum atomic E-state index is 11.4. The number of benzene rings is 1. The fourth-order valence-corrected chi connectivity index (χ4v) is 3.55. The summed E-state index contributed by atoms with van der Waals surface area (Å²) in [5, 5.41) is 9.84. The van der Waals surface area contributed by atoms with Gasteiger partial charge >= 0.3 is 5.97 Å². The van der Waals surface area contributed by atoms with Gasteiger partial charge in [0.2, 0.25) is 0 Å². The first kappa shape index (κ1) is 21.1. The Morgan fingerprint density at radius 1 is 1.30 bits per heavy atom. The monoisotopic (exact) mass is 372 g/mol. The van der Waals surface area contributed by atoms with Gasteiger partial charge in [-0.15, -0.1) is 0 Å². The zero-order chi connectivity index (χ0) is 20.0. The topological polar surface area (TPSA) is 55.8 Å². The van der Waals surface area contributed by atoms with E-state index in [-0.39, 0.29) is 17.3 Å². The summed E-state index contributed by atoms with van der Waals surface area (Å²) < 4.78 is 11.0. The van der Waals surface area contributed by atoms with E-state index in [4.69, 9.17) is 9.47 Å². The van der Waals surface area contributed by atoms with E-state index in [1.807, 2.05) is 13.0 Å². The van der Waals surface area contributed by atoms with Crippen molar-refractivity contribution in [3.63, 3.8) is 0 Å². The zero-order valence-electron chi connectivity index (χ0n) is 17.2. The van der Waals surface area contributed by atoms with Gasteiger partial charge in [-0.1, -0.05) is 17.7 Å². The lowest BCUT2D eigenvalue weighted by molar-refractivity contribution is -0.136. The molecule has 0 radical (unpaired) electrons. The fraction of sp³-hybridized carbons (Fsp3) is 0.522. The van der Waals surface area contributed by atoms with Crippen LogP contribution in [-0.2, 0) is 16.0 Å². The number of allylic oxidation sites excluding steroid dienone is 3. The zero-order valence-corrected chi connectivity index (χ0v) is 17.2. The van der Waals surface area contributed by atoms with Crippen LogP contribution < -0.4 is 4.74 Å². The van der Waals surface area contributed by atoms with E-state index < -0.39 is 0 Å². The van der Waals surface area contributed by atoms with Crippen molar-refractivity contribution in [1.82, 2.24) is 0 Å². The van der Waals surface area contributed by atoms with E-state index in [1.54, 1.807) is 19.1 Å². The van der Waals surface area contributed by atoms with E-state index in [0.717, 1.165) is 49.8 Å². The van der Waals surface area contributed by atoms with Crippen LogP contribution in [0.5, 0.6) is 11.5 Å². The van der Waals surface area contributed by atoms with Crippen LogP contribution in [0.25, 0.3) is 0 Å². The van der Waals surface area contributed by atoms with Gasteiger partial charge in [0.15, 0.2) is 0 Å². The third kappa shape index (κ3) is 5.88. The molecular weight excluding hydrogens is 340 g/mol. The summed E-state index contributed by atoms with van der Waals surface area (Å²) in [6, 6.07) is 3.53. The minimum Gasteiger partial charge on any atom is -0.508 e. The molecule has 0 bridgehead atoms. The molecular formula is C23H32O4. The van der Waals surface area contributed by atoms with Crippen LogP contribution in [0.1, 0.15) is 64.0 Å². The molecule has 4 heteroatoms. The predicted molar refractivity (Wildman–Crippen MR) is 108 cm³/mol. The molecule has 27 heavy (non-hydrogen) atoms. The number of methoxy groups -OCH3 is 1. The Morgan fingerprint density at radius 3 is 2.74 bits per heavy atom. The van der Waals surface area contributed by atoms with Crippen molar-refractivity contribution in [3.05, 3.63) is 46.6 Å². The standard InChI is InChI=1S/C23H32O4/c1-16(8-6-10-17(2)22(25)26-5)9-7-12-23(4)13-11-20-18(3)14-19(24)15-21(20)27-23/h9-10,14-15,24H,6-8,11-13H2,1-5H3. The quantitative estimate of drug-likeness (QED) is 0.395. The third-order valence-corrected chi connectivity index (χ3v) is 5.34. The van der Waals surface area contributed by atoms with Gasteiger partial charge < -0.3 is 14.6 Å². The van der Waals surface area contributed by atoms with Gasteiger partial charge in [0.05, 0.1) is 7.11 Å². The van der Waals surface area contributed by atoms with Gasteiger partial charge in [-0.25, -0.2) is 4.79 Å². The van der Waals surface area contributed by atoms with Crippen LogP contribution in [0.4, 0.5) is 0 Å². The second-order valence-corrected chi connectivity index (χ2v) is 7.80. The van der Waals surface area contributed by atoms with Crippen LogP contribution in [0.2, 0.25) is 0 Å². The lowest BCUT2D eigenvalue weighted by Crippen LogP contribution is -2.36. The van der Waals surface area contributed by atoms with Crippen LogP contribution in [0.15, 0.2) is 35.4 Å². The molecule has 1 heterocycles. The molecule has 1 atom stereocenters. The van der Waals surface area contributed by atoms with Crippen LogP contribution >= 0.6 is 0 Å². The molecule has 1 unspecified atom stereocenters. The van der Waals surface area contributed by atoms with Crippen LogP contribution in [0.3, 0.4) is 0 Å². The summed E-state index contributed by atoms with van der Waals surface area (Å²) in [6.07, 6.45) is 9.83.